The van der Waals surface area contributed by atoms with E-state index in [0.717, 1.165) is 0 Å². The largest absolute Gasteiger partial charge is 0.490 e. The van der Waals surface area contributed by atoms with E-state index in [4.69, 9.17) is 18.9 Å². The highest BCUT2D eigenvalue weighted by Gasteiger charge is 2.34. The summed E-state index contributed by atoms with van der Waals surface area (Å²) in [7, 11) is 0. The first kappa shape index (κ1) is 28.5. The molecule has 0 radical (unpaired) electrons. The van der Waals surface area contributed by atoms with E-state index >= 15 is 0 Å². The second-order valence-corrected chi connectivity index (χ2v) is 9.71. The van der Waals surface area contributed by atoms with Crippen molar-refractivity contribution in [3.05, 3.63) is 84.5 Å². The van der Waals surface area contributed by atoms with Crippen LogP contribution in [0.5, 0.6) is 17.2 Å². The fourth-order valence-corrected chi connectivity index (χ4v) is 5.31. The summed E-state index contributed by atoms with van der Waals surface area (Å²) in [6.45, 7) is 8.24. The fraction of sp³-hybridized carbons (Fsp3) is 0.276. The molecule has 2 aromatic carbocycles. The Hall–Kier alpha value is -4.51. The summed E-state index contributed by atoms with van der Waals surface area (Å²) in [6.07, 6.45) is 1.71. The number of esters is 3. The molecule has 0 saturated heterocycles. The average molecular weight is 565 g/mol. The first-order valence-corrected chi connectivity index (χ1v) is 13.4. The van der Waals surface area contributed by atoms with Crippen LogP contribution in [0.2, 0.25) is 0 Å². The van der Waals surface area contributed by atoms with Crippen LogP contribution in [0.3, 0.4) is 0 Å². The lowest BCUT2D eigenvalue weighted by atomic mass is 9.95. The molecule has 0 aliphatic carbocycles. The van der Waals surface area contributed by atoms with Crippen molar-refractivity contribution in [3.8, 4) is 17.2 Å². The number of ether oxygens (including phenoxy) is 4. The van der Waals surface area contributed by atoms with Gasteiger partial charge < -0.3 is 18.9 Å². The zero-order valence-corrected chi connectivity index (χ0v) is 23.5. The highest BCUT2D eigenvalue weighted by atomic mass is 32.1. The second kappa shape index (κ2) is 12.1. The van der Waals surface area contributed by atoms with Gasteiger partial charge >= 0.3 is 17.9 Å². The van der Waals surface area contributed by atoms with E-state index in [1.165, 1.54) is 29.8 Å². The van der Waals surface area contributed by atoms with Crippen LogP contribution in [-0.2, 0) is 19.1 Å². The van der Waals surface area contributed by atoms with E-state index in [2.05, 4.69) is 4.99 Å². The molecule has 1 aromatic heterocycles. The number of hydrogen-bond acceptors (Lipinski definition) is 10. The molecule has 1 atom stereocenters. The molecule has 208 valence electrons. The smallest absolute Gasteiger partial charge is 0.338 e. The predicted octanol–water partition coefficient (Wildman–Crippen LogP) is 3.05. The molecule has 11 heteroatoms. The molecule has 2 heterocycles. The molecule has 0 N–H and O–H groups in total. The van der Waals surface area contributed by atoms with E-state index in [9.17, 15) is 19.2 Å². The zero-order valence-electron chi connectivity index (χ0n) is 22.7. The topological polar surface area (TPSA) is 122 Å². The molecule has 0 bridgehead atoms. The third kappa shape index (κ3) is 6.04. The van der Waals surface area contributed by atoms with E-state index in [1.807, 2.05) is 0 Å². The number of carbonyl (C=O) groups is 3. The van der Waals surface area contributed by atoms with Crippen LogP contribution in [0, 0.1) is 0 Å². The van der Waals surface area contributed by atoms with E-state index in [0.29, 0.717) is 44.3 Å². The maximum Gasteiger partial charge on any atom is 0.338 e. The van der Waals surface area contributed by atoms with Crippen LogP contribution in [-0.4, -0.2) is 35.7 Å². The van der Waals surface area contributed by atoms with Crippen LogP contribution in [0.4, 0.5) is 0 Å². The molecular formula is C29H28N2O8S. The Morgan fingerprint density at radius 2 is 1.68 bits per heavy atom. The number of allylic oxidation sites excluding steroid dienone is 1. The summed E-state index contributed by atoms with van der Waals surface area (Å²) in [4.78, 5) is 54.8. The van der Waals surface area contributed by atoms with Crippen molar-refractivity contribution in [2.24, 2.45) is 4.99 Å². The van der Waals surface area contributed by atoms with Gasteiger partial charge in [0.05, 0.1) is 35.1 Å². The maximum atomic E-state index is 13.8. The van der Waals surface area contributed by atoms with E-state index in [1.54, 1.807) is 69.3 Å². The minimum absolute atomic E-state index is 0.145. The third-order valence-corrected chi connectivity index (χ3v) is 6.78. The fourth-order valence-electron chi connectivity index (χ4n) is 4.26. The second-order valence-electron chi connectivity index (χ2n) is 8.70. The van der Waals surface area contributed by atoms with Crippen molar-refractivity contribution in [2.45, 2.75) is 40.7 Å². The number of fused-ring (bicyclic) bond motifs is 1. The lowest BCUT2D eigenvalue weighted by molar-refractivity contribution is -0.139. The molecule has 10 nitrogen and oxygen atoms in total. The molecule has 0 saturated carbocycles. The van der Waals surface area contributed by atoms with Gasteiger partial charge in [-0.15, -0.1) is 0 Å². The molecule has 40 heavy (non-hydrogen) atoms. The van der Waals surface area contributed by atoms with Gasteiger partial charge in [-0.25, -0.2) is 9.79 Å². The summed E-state index contributed by atoms with van der Waals surface area (Å²) < 4.78 is 23.3. The predicted molar refractivity (Wildman–Crippen MR) is 147 cm³/mol. The summed E-state index contributed by atoms with van der Waals surface area (Å²) >= 11 is 1.18. The van der Waals surface area contributed by atoms with Crippen molar-refractivity contribution >= 4 is 35.3 Å². The molecule has 1 aliphatic heterocycles. The van der Waals surface area contributed by atoms with Crippen molar-refractivity contribution in [2.75, 3.05) is 13.2 Å². The molecule has 0 amide bonds. The summed E-state index contributed by atoms with van der Waals surface area (Å²) in [5.41, 5.74) is 1.55. The highest BCUT2D eigenvalue weighted by Crippen LogP contribution is 2.36. The molecule has 3 aromatic rings. The lowest BCUT2D eigenvalue weighted by Gasteiger charge is -2.25. The third-order valence-electron chi connectivity index (χ3n) is 5.79. The molecule has 1 unspecified atom stereocenters. The Labute approximate surface area is 233 Å². The monoisotopic (exact) mass is 564 g/mol. The number of hydrogen-bond donors (Lipinski definition) is 0. The van der Waals surface area contributed by atoms with Crippen LogP contribution in [0.25, 0.3) is 6.08 Å². The first-order valence-electron chi connectivity index (χ1n) is 12.6. The van der Waals surface area contributed by atoms with Crippen molar-refractivity contribution in [1.82, 2.24) is 4.57 Å². The van der Waals surface area contributed by atoms with Gasteiger partial charge in [-0.05, 0) is 62.2 Å². The van der Waals surface area contributed by atoms with Gasteiger partial charge in [0.25, 0.3) is 5.56 Å². The number of carbonyl (C=O) groups excluding carboxylic acids is 3. The standard InChI is InChI=1S/C29H28N2O8S/c1-6-36-23-15-20(10-13-22(23)39-18(5)33)26-25(28(35)37-7-2)16(3)30-29-31(26)27(34)24(40-29)14-19-8-11-21(12-9-19)38-17(4)32/h8-15,26H,6-7H2,1-5H3/b24-14+. The molecule has 1 aliphatic rings. The van der Waals surface area contributed by atoms with Crippen LogP contribution < -0.4 is 29.1 Å². The Bertz CT molecular complexity index is 1680. The van der Waals surface area contributed by atoms with E-state index < -0.39 is 23.9 Å². The van der Waals surface area contributed by atoms with Gasteiger partial charge in [0.1, 0.15) is 5.75 Å². The van der Waals surface area contributed by atoms with Gasteiger partial charge in [-0.2, -0.15) is 0 Å². The van der Waals surface area contributed by atoms with Crippen molar-refractivity contribution < 1.29 is 33.3 Å². The summed E-state index contributed by atoms with van der Waals surface area (Å²) in [6, 6.07) is 10.8. The number of rotatable bonds is 8. The lowest BCUT2D eigenvalue weighted by Crippen LogP contribution is -2.40. The van der Waals surface area contributed by atoms with E-state index in [-0.39, 0.29) is 23.5 Å². The minimum Gasteiger partial charge on any atom is -0.490 e. The number of aromatic nitrogens is 1. The molecule has 4 rings (SSSR count). The van der Waals surface area contributed by atoms with Gasteiger partial charge in [0.15, 0.2) is 16.3 Å². The zero-order chi connectivity index (χ0) is 29.0. The Balaban J connectivity index is 1.89. The first-order chi connectivity index (χ1) is 19.1. The summed E-state index contributed by atoms with van der Waals surface area (Å²) in [5, 5.41) is 0. The quantitative estimate of drug-likeness (QED) is 0.302. The SMILES string of the molecule is CCOC(=O)C1=C(C)N=c2s/c(=C/c3ccc(OC(C)=O)cc3)c(=O)n2C1c1ccc(OC(C)=O)c(OCC)c1. The van der Waals surface area contributed by atoms with Gasteiger partial charge in [-0.1, -0.05) is 29.5 Å². The maximum absolute atomic E-state index is 13.8. The Morgan fingerprint density at radius 1 is 0.975 bits per heavy atom. The highest BCUT2D eigenvalue weighted by molar-refractivity contribution is 7.07. The van der Waals surface area contributed by atoms with Gasteiger partial charge in [0, 0.05) is 13.8 Å². The van der Waals surface area contributed by atoms with Crippen molar-refractivity contribution in [3.63, 3.8) is 0 Å². The Morgan fingerprint density at radius 3 is 2.30 bits per heavy atom. The molecular weight excluding hydrogens is 536 g/mol. The van der Waals surface area contributed by atoms with Crippen molar-refractivity contribution in [1.29, 1.82) is 0 Å². The minimum atomic E-state index is -0.866. The number of thiazole rings is 1. The summed E-state index contributed by atoms with van der Waals surface area (Å²) in [5.74, 6) is -0.619. The van der Waals surface area contributed by atoms with Crippen LogP contribution >= 0.6 is 11.3 Å². The average Bonchev–Trinajstić information content (AvgIpc) is 3.19. The molecule has 0 fully saturated rings. The Kier molecular flexibility index (Phi) is 8.64. The number of benzene rings is 2. The van der Waals surface area contributed by atoms with Gasteiger partial charge in [0.2, 0.25) is 0 Å². The van der Waals surface area contributed by atoms with Crippen LogP contribution in [0.15, 0.2) is 63.5 Å². The number of nitrogens with zero attached hydrogens (tertiary/aromatic N) is 2. The van der Waals surface area contributed by atoms with Crippen LogP contribution in [0.1, 0.15) is 51.8 Å². The van der Waals surface area contributed by atoms with Gasteiger partial charge in [-0.3, -0.25) is 19.0 Å². The molecule has 0 spiro atoms. The normalized spacial score (nSPS) is 14.7.